The predicted octanol–water partition coefficient (Wildman–Crippen LogP) is 4.33. The van der Waals surface area contributed by atoms with E-state index in [0.717, 1.165) is 17.5 Å². The molecule has 0 aliphatic heterocycles. The molecule has 0 atom stereocenters. The van der Waals surface area contributed by atoms with Gasteiger partial charge in [-0.1, -0.05) is 19.6 Å². The lowest BCUT2D eigenvalue weighted by atomic mass is 9.97. The van der Waals surface area contributed by atoms with Crippen LogP contribution >= 0.6 is 0 Å². The highest BCUT2D eigenvalue weighted by molar-refractivity contribution is 5.72. The number of hydrogen-bond acceptors (Lipinski definition) is 2. The fourth-order valence-corrected chi connectivity index (χ4v) is 2.70. The zero-order valence-electron chi connectivity index (χ0n) is 14.1. The van der Waals surface area contributed by atoms with E-state index in [1.807, 2.05) is 13.8 Å². The van der Waals surface area contributed by atoms with Gasteiger partial charge in [-0.25, -0.2) is 4.39 Å². The molecule has 0 aliphatic carbocycles. The van der Waals surface area contributed by atoms with Crippen molar-refractivity contribution in [3.63, 3.8) is 0 Å². The van der Waals surface area contributed by atoms with Crippen molar-refractivity contribution in [2.24, 2.45) is 0 Å². The SMILES string of the molecule is C=Cc1c(F)cc(-c2cn(CCC)c(=O)c(C)c2C)cc1OC. The highest BCUT2D eigenvalue weighted by Crippen LogP contribution is 2.32. The van der Waals surface area contributed by atoms with Crippen LogP contribution in [-0.2, 0) is 6.54 Å². The first-order valence-electron chi connectivity index (χ1n) is 7.65. The van der Waals surface area contributed by atoms with Crippen molar-refractivity contribution in [1.82, 2.24) is 4.57 Å². The second-order valence-electron chi connectivity index (χ2n) is 5.57. The van der Waals surface area contributed by atoms with Crippen LogP contribution in [0, 0.1) is 19.7 Å². The highest BCUT2D eigenvalue weighted by Gasteiger charge is 2.15. The second kappa shape index (κ2) is 6.82. The van der Waals surface area contributed by atoms with Gasteiger partial charge in [-0.15, -0.1) is 0 Å². The average molecular weight is 315 g/mol. The normalized spacial score (nSPS) is 10.7. The third-order valence-electron chi connectivity index (χ3n) is 4.12. The molecule has 4 heteroatoms. The van der Waals surface area contributed by atoms with Crippen molar-refractivity contribution >= 4 is 6.08 Å². The molecule has 0 aliphatic rings. The monoisotopic (exact) mass is 315 g/mol. The number of halogens is 1. The van der Waals surface area contributed by atoms with Crippen LogP contribution in [0.3, 0.4) is 0 Å². The molecule has 0 N–H and O–H groups in total. The van der Waals surface area contributed by atoms with Crippen molar-refractivity contribution in [2.45, 2.75) is 33.7 Å². The number of hydrogen-bond donors (Lipinski definition) is 0. The van der Waals surface area contributed by atoms with Crippen molar-refractivity contribution in [1.29, 1.82) is 0 Å². The third-order valence-corrected chi connectivity index (χ3v) is 4.12. The molecular formula is C19H22FNO2. The van der Waals surface area contributed by atoms with E-state index in [0.29, 0.717) is 29.0 Å². The summed E-state index contributed by atoms with van der Waals surface area (Å²) in [6.07, 6.45) is 4.10. The highest BCUT2D eigenvalue weighted by atomic mass is 19.1. The van der Waals surface area contributed by atoms with Crippen LogP contribution in [0.4, 0.5) is 4.39 Å². The maximum absolute atomic E-state index is 14.3. The van der Waals surface area contributed by atoms with E-state index in [1.54, 1.807) is 23.8 Å². The number of methoxy groups -OCH3 is 1. The summed E-state index contributed by atoms with van der Waals surface area (Å²) in [5.74, 6) is 0.0416. The minimum Gasteiger partial charge on any atom is -0.496 e. The van der Waals surface area contributed by atoms with Gasteiger partial charge in [0.25, 0.3) is 5.56 Å². The lowest BCUT2D eigenvalue weighted by molar-refractivity contribution is 0.410. The van der Waals surface area contributed by atoms with Crippen molar-refractivity contribution in [2.75, 3.05) is 7.11 Å². The van der Waals surface area contributed by atoms with Crippen LogP contribution in [0.15, 0.2) is 29.7 Å². The van der Waals surface area contributed by atoms with Gasteiger partial charge in [-0.05, 0) is 43.5 Å². The molecule has 0 amide bonds. The first-order chi connectivity index (χ1) is 10.9. The molecule has 122 valence electrons. The number of benzene rings is 1. The van der Waals surface area contributed by atoms with Crippen LogP contribution in [0.2, 0.25) is 0 Å². The van der Waals surface area contributed by atoms with Crippen LogP contribution in [-0.4, -0.2) is 11.7 Å². The standard InChI is InChI=1S/C19H22FNO2/c1-6-8-21-11-16(12(3)13(4)19(21)22)14-9-17(20)15(7-2)18(10-14)23-5/h7,9-11H,2,6,8H2,1,3-5H3. The van der Waals surface area contributed by atoms with E-state index in [-0.39, 0.29) is 11.4 Å². The van der Waals surface area contributed by atoms with Crippen LogP contribution in [0.5, 0.6) is 5.75 Å². The van der Waals surface area contributed by atoms with Gasteiger partial charge < -0.3 is 9.30 Å². The summed E-state index contributed by atoms with van der Waals surface area (Å²) < 4.78 is 21.3. The molecule has 0 unspecified atom stereocenters. The summed E-state index contributed by atoms with van der Waals surface area (Å²) in [5, 5.41) is 0. The Bertz CT molecular complexity index is 806. The van der Waals surface area contributed by atoms with E-state index >= 15 is 0 Å². The fraction of sp³-hybridized carbons (Fsp3) is 0.316. The lowest BCUT2D eigenvalue weighted by Gasteiger charge is -2.15. The van der Waals surface area contributed by atoms with Gasteiger partial charge >= 0.3 is 0 Å². The molecule has 1 aromatic carbocycles. The largest absolute Gasteiger partial charge is 0.496 e. The predicted molar refractivity (Wildman–Crippen MR) is 92.5 cm³/mol. The molecular weight excluding hydrogens is 293 g/mol. The topological polar surface area (TPSA) is 31.2 Å². The molecule has 0 fully saturated rings. The Balaban J connectivity index is 2.74. The Morgan fingerprint density at radius 3 is 2.57 bits per heavy atom. The molecule has 2 rings (SSSR count). The lowest BCUT2D eigenvalue weighted by Crippen LogP contribution is -2.23. The van der Waals surface area contributed by atoms with Gasteiger partial charge in [-0.3, -0.25) is 4.79 Å². The molecule has 0 saturated heterocycles. The van der Waals surface area contributed by atoms with E-state index in [4.69, 9.17) is 4.74 Å². The zero-order valence-corrected chi connectivity index (χ0v) is 14.1. The van der Waals surface area contributed by atoms with Gasteiger partial charge in [0.05, 0.1) is 12.7 Å². The van der Waals surface area contributed by atoms with E-state index in [9.17, 15) is 9.18 Å². The molecule has 0 bridgehead atoms. The van der Waals surface area contributed by atoms with Gasteiger partial charge in [-0.2, -0.15) is 0 Å². The Morgan fingerprint density at radius 1 is 1.30 bits per heavy atom. The van der Waals surface area contributed by atoms with E-state index in [1.165, 1.54) is 19.3 Å². The zero-order chi connectivity index (χ0) is 17.1. The molecule has 1 heterocycles. The van der Waals surface area contributed by atoms with Crippen LogP contribution in [0.1, 0.15) is 30.0 Å². The molecule has 0 spiro atoms. The fourth-order valence-electron chi connectivity index (χ4n) is 2.70. The molecule has 0 radical (unpaired) electrons. The smallest absolute Gasteiger partial charge is 0.253 e. The number of aromatic nitrogens is 1. The molecule has 0 saturated carbocycles. The number of pyridine rings is 1. The Hall–Kier alpha value is -2.36. The average Bonchev–Trinajstić information content (AvgIpc) is 2.54. The summed E-state index contributed by atoms with van der Waals surface area (Å²) >= 11 is 0. The Morgan fingerprint density at radius 2 is 2.00 bits per heavy atom. The van der Waals surface area contributed by atoms with Gasteiger partial charge in [0.1, 0.15) is 11.6 Å². The molecule has 3 nitrogen and oxygen atoms in total. The summed E-state index contributed by atoms with van der Waals surface area (Å²) in [6.45, 7) is 9.96. The van der Waals surface area contributed by atoms with Crippen molar-refractivity contribution in [3.05, 3.63) is 57.8 Å². The van der Waals surface area contributed by atoms with E-state index in [2.05, 4.69) is 6.58 Å². The second-order valence-corrected chi connectivity index (χ2v) is 5.57. The van der Waals surface area contributed by atoms with Crippen molar-refractivity contribution < 1.29 is 9.13 Å². The minimum atomic E-state index is -0.389. The first-order valence-corrected chi connectivity index (χ1v) is 7.65. The first kappa shape index (κ1) is 17.0. The molecule has 23 heavy (non-hydrogen) atoms. The van der Waals surface area contributed by atoms with Crippen molar-refractivity contribution in [3.8, 4) is 16.9 Å². The molecule has 2 aromatic rings. The minimum absolute atomic E-state index is 0.00301. The van der Waals surface area contributed by atoms with Crippen LogP contribution < -0.4 is 10.3 Å². The Kier molecular flexibility index (Phi) is 5.04. The molecule has 1 aromatic heterocycles. The third kappa shape index (κ3) is 3.07. The van der Waals surface area contributed by atoms with E-state index < -0.39 is 0 Å². The van der Waals surface area contributed by atoms with Gasteiger partial charge in [0.2, 0.25) is 0 Å². The number of rotatable bonds is 5. The number of aryl methyl sites for hydroxylation is 1. The summed E-state index contributed by atoms with van der Waals surface area (Å²) in [7, 11) is 1.50. The van der Waals surface area contributed by atoms with Gasteiger partial charge in [0, 0.05) is 23.9 Å². The number of nitrogens with zero attached hydrogens (tertiary/aromatic N) is 1. The van der Waals surface area contributed by atoms with Crippen LogP contribution in [0.25, 0.3) is 17.2 Å². The Labute approximate surface area is 136 Å². The summed E-state index contributed by atoms with van der Waals surface area (Å²) in [4.78, 5) is 12.3. The quantitative estimate of drug-likeness (QED) is 0.822. The maximum atomic E-state index is 14.3. The summed E-state index contributed by atoms with van der Waals surface area (Å²) in [5.41, 5.74) is 3.41. The number of ether oxygens (including phenoxy) is 1. The summed E-state index contributed by atoms with van der Waals surface area (Å²) in [6, 6.07) is 3.24. The van der Waals surface area contributed by atoms with Gasteiger partial charge in [0.15, 0.2) is 0 Å². The maximum Gasteiger partial charge on any atom is 0.253 e.